The number of alkyl carbamates (subject to hydrolysis) is 1. The van der Waals surface area contributed by atoms with Gasteiger partial charge in [-0.2, -0.15) is 0 Å². The summed E-state index contributed by atoms with van der Waals surface area (Å²) >= 11 is 0. The summed E-state index contributed by atoms with van der Waals surface area (Å²) in [4.78, 5) is 52.8. The van der Waals surface area contributed by atoms with Crippen molar-refractivity contribution < 1.29 is 38.5 Å². The van der Waals surface area contributed by atoms with Gasteiger partial charge in [-0.05, 0) is 52.3 Å². The molecule has 0 aromatic heterocycles. The average molecular weight is 551 g/mol. The summed E-state index contributed by atoms with van der Waals surface area (Å²) in [7, 11) is 0. The first-order valence-electron chi connectivity index (χ1n) is 13.3. The first kappa shape index (κ1) is 31.8. The van der Waals surface area contributed by atoms with Crippen molar-refractivity contribution in [2.24, 2.45) is 0 Å². The maximum Gasteiger partial charge on any atom is 0.415 e. The van der Waals surface area contributed by atoms with E-state index in [-0.39, 0.29) is 25.4 Å². The maximum absolute atomic E-state index is 12.9. The minimum Gasteiger partial charge on any atom is -0.481 e. The lowest BCUT2D eigenvalue weighted by Crippen LogP contribution is -2.52. The highest BCUT2D eigenvalue weighted by molar-refractivity contribution is 5.95. The minimum absolute atomic E-state index is 0.0685. The number of carbonyl (C=O) groups is 4. The molecule has 0 radical (unpaired) electrons. The molecule has 1 atom stereocenters. The molecule has 1 unspecified atom stereocenters. The number of rotatable bonds is 9. The molecule has 12 nitrogen and oxygen atoms in total. The first-order valence-corrected chi connectivity index (χ1v) is 13.3. The van der Waals surface area contributed by atoms with Gasteiger partial charge in [0.05, 0.1) is 13.0 Å². The quantitative estimate of drug-likeness (QED) is 0.475. The van der Waals surface area contributed by atoms with Crippen LogP contribution in [0.1, 0.15) is 46.6 Å². The Labute approximate surface area is 230 Å². The predicted molar refractivity (Wildman–Crippen MR) is 145 cm³/mol. The van der Waals surface area contributed by atoms with Gasteiger partial charge in [-0.1, -0.05) is 12.1 Å². The summed E-state index contributed by atoms with van der Waals surface area (Å²) in [5.41, 5.74) is 0.849. The van der Waals surface area contributed by atoms with E-state index in [1.54, 1.807) is 49.9 Å². The molecule has 0 aliphatic carbocycles. The Hall–Kier alpha value is -3.38. The molecule has 1 aromatic rings. The van der Waals surface area contributed by atoms with Gasteiger partial charge >= 0.3 is 18.2 Å². The van der Waals surface area contributed by atoms with Crippen molar-refractivity contribution in [1.29, 1.82) is 0 Å². The number of ether oxygens (including phenoxy) is 3. The molecule has 2 aliphatic rings. The van der Waals surface area contributed by atoms with E-state index in [4.69, 9.17) is 19.3 Å². The third-order valence-electron chi connectivity index (χ3n) is 5.91. The molecule has 0 bridgehead atoms. The van der Waals surface area contributed by atoms with E-state index in [0.29, 0.717) is 38.4 Å². The molecule has 3 amide bonds. The summed E-state index contributed by atoms with van der Waals surface area (Å²) in [6.07, 6.45) is -1.91. The van der Waals surface area contributed by atoms with E-state index < -0.39 is 29.9 Å². The van der Waals surface area contributed by atoms with Crippen LogP contribution >= 0.6 is 0 Å². The molecule has 218 valence electrons. The van der Waals surface area contributed by atoms with Crippen molar-refractivity contribution in [3.8, 4) is 0 Å². The van der Waals surface area contributed by atoms with Crippen LogP contribution in [-0.4, -0.2) is 103 Å². The number of nitrogens with one attached hydrogen (secondary N) is 1. The number of nitrogens with zero attached hydrogens (tertiary/aromatic N) is 3. The van der Waals surface area contributed by atoms with Crippen molar-refractivity contribution >= 4 is 29.8 Å². The van der Waals surface area contributed by atoms with Crippen molar-refractivity contribution in [1.82, 2.24) is 15.1 Å². The molecule has 0 saturated carbocycles. The molecule has 0 spiro atoms. The van der Waals surface area contributed by atoms with Gasteiger partial charge in [-0.3, -0.25) is 19.4 Å². The number of aliphatic carboxylic acids is 1. The summed E-state index contributed by atoms with van der Waals surface area (Å²) in [6, 6.07) is 7.04. The van der Waals surface area contributed by atoms with E-state index in [0.717, 1.165) is 18.8 Å². The smallest absolute Gasteiger partial charge is 0.415 e. The number of carboxylic acids is 1. The molecule has 39 heavy (non-hydrogen) atoms. The lowest BCUT2D eigenvalue weighted by atomic mass is 10.2. The zero-order chi connectivity index (χ0) is 29.0. The monoisotopic (exact) mass is 550 g/mol. The molecular weight excluding hydrogens is 508 g/mol. The van der Waals surface area contributed by atoms with E-state index >= 15 is 0 Å². The van der Waals surface area contributed by atoms with E-state index in [9.17, 15) is 19.2 Å². The highest BCUT2D eigenvalue weighted by atomic mass is 16.6. The Morgan fingerprint density at radius 1 is 1.05 bits per heavy atom. The maximum atomic E-state index is 12.9. The number of carboxylic acid groups (broad SMARTS) is 1. The number of anilines is 1. The molecule has 2 N–H and O–H groups in total. The predicted octanol–water partition coefficient (Wildman–Crippen LogP) is 2.70. The Morgan fingerprint density at radius 3 is 2.18 bits per heavy atom. The highest BCUT2D eigenvalue weighted by Crippen LogP contribution is 2.23. The molecule has 2 fully saturated rings. The van der Waals surface area contributed by atoms with Crippen LogP contribution in [0.15, 0.2) is 24.3 Å². The number of benzene rings is 1. The molecule has 12 heteroatoms. The van der Waals surface area contributed by atoms with Crippen molar-refractivity contribution in [2.75, 3.05) is 57.4 Å². The largest absolute Gasteiger partial charge is 0.481 e. The third kappa shape index (κ3) is 11.1. The van der Waals surface area contributed by atoms with Gasteiger partial charge in [0.25, 0.3) is 5.91 Å². The van der Waals surface area contributed by atoms with Crippen LogP contribution in [0.5, 0.6) is 0 Å². The van der Waals surface area contributed by atoms with Crippen LogP contribution < -0.4 is 10.2 Å². The van der Waals surface area contributed by atoms with Crippen molar-refractivity contribution in [2.45, 2.75) is 59.3 Å². The van der Waals surface area contributed by atoms with Crippen LogP contribution in [0.2, 0.25) is 0 Å². The Kier molecular flexibility index (Phi) is 12.5. The highest BCUT2D eigenvalue weighted by Gasteiger charge is 2.39. The Morgan fingerprint density at radius 2 is 1.67 bits per heavy atom. The van der Waals surface area contributed by atoms with Gasteiger partial charge in [0.2, 0.25) is 0 Å². The standard InChI is InChI=1S/C23H32N4O7.C4H10O/c1-23(2,3)34-21(31)24-14-16-4-6-17(7-5-16)27-15-18(33-22(27)32)20(30)26-12-10-25(11-13-26)9-8-19(28)29;1-3-5-4-2/h4-7,18H,8-15H2,1-3H3,(H,24,31)(H,28,29);3-4H2,1-2H3. The van der Waals surface area contributed by atoms with Gasteiger partial charge < -0.3 is 29.5 Å². The molecule has 3 rings (SSSR count). The van der Waals surface area contributed by atoms with Crippen molar-refractivity contribution in [3.63, 3.8) is 0 Å². The Balaban J connectivity index is 0.000000976. The fraction of sp³-hybridized carbons (Fsp3) is 0.630. The zero-order valence-electron chi connectivity index (χ0n) is 23.6. The topological polar surface area (TPSA) is 138 Å². The van der Waals surface area contributed by atoms with Crippen LogP contribution in [0.25, 0.3) is 0 Å². The Bertz CT molecular complexity index is 954. The third-order valence-corrected chi connectivity index (χ3v) is 5.91. The van der Waals surface area contributed by atoms with Crippen LogP contribution in [0.3, 0.4) is 0 Å². The second kappa shape index (κ2) is 15.3. The van der Waals surface area contributed by atoms with Gasteiger partial charge in [-0.15, -0.1) is 0 Å². The molecule has 2 heterocycles. The average Bonchev–Trinajstić information content (AvgIpc) is 3.28. The number of cyclic esters (lactones) is 1. The zero-order valence-corrected chi connectivity index (χ0v) is 23.6. The second-order valence-electron chi connectivity index (χ2n) is 10.1. The van der Waals surface area contributed by atoms with E-state index in [2.05, 4.69) is 5.32 Å². The second-order valence-corrected chi connectivity index (χ2v) is 10.1. The number of piperazine rings is 1. The van der Waals surface area contributed by atoms with Gasteiger partial charge in [0.15, 0.2) is 6.10 Å². The number of amides is 3. The molecule has 2 saturated heterocycles. The van der Waals surface area contributed by atoms with E-state index in [1.807, 2.05) is 18.7 Å². The summed E-state index contributed by atoms with van der Waals surface area (Å²) < 4.78 is 15.4. The van der Waals surface area contributed by atoms with Crippen molar-refractivity contribution in [3.05, 3.63) is 29.8 Å². The lowest BCUT2D eigenvalue weighted by molar-refractivity contribution is -0.141. The SMILES string of the molecule is CC(C)(C)OC(=O)NCc1ccc(N2CC(C(=O)N3CCN(CCC(=O)O)CC3)OC2=O)cc1.CCOCC. The van der Waals surface area contributed by atoms with Gasteiger partial charge in [0, 0.05) is 58.2 Å². The number of hydrogen-bond donors (Lipinski definition) is 2. The van der Waals surface area contributed by atoms with Gasteiger partial charge in [-0.25, -0.2) is 9.59 Å². The number of hydrogen-bond acceptors (Lipinski definition) is 8. The van der Waals surface area contributed by atoms with E-state index in [1.165, 1.54) is 4.90 Å². The normalized spacial score (nSPS) is 17.7. The fourth-order valence-electron chi connectivity index (χ4n) is 3.94. The minimum atomic E-state index is -0.883. The summed E-state index contributed by atoms with van der Waals surface area (Å²) in [5.74, 6) is -1.09. The molecular formula is C27H42N4O8. The molecule has 1 aromatic carbocycles. The first-order chi connectivity index (χ1) is 18.4. The van der Waals surface area contributed by atoms with Gasteiger partial charge in [0.1, 0.15) is 5.60 Å². The van der Waals surface area contributed by atoms with Crippen LogP contribution in [0.4, 0.5) is 15.3 Å². The lowest BCUT2D eigenvalue weighted by Gasteiger charge is -2.35. The summed E-state index contributed by atoms with van der Waals surface area (Å²) in [5, 5.41) is 11.5. The fourth-order valence-corrected chi connectivity index (χ4v) is 3.94. The summed E-state index contributed by atoms with van der Waals surface area (Å²) in [6.45, 7) is 14.0. The molecule has 2 aliphatic heterocycles. The number of carbonyl (C=O) groups excluding carboxylic acids is 3. The van der Waals surface area contributed by atoms with Crippen LogP contribution in [-0.2, 0) is 30.3 Å². The van der Waals surface area contributed by atoms with Crippen LogP contribution in [0, 0.1) is 0 Å².